The quantitative estimate of drug-likeness (QED) is 0.816. The molecule has 0 bridgehead atoms. The lowest BCUT2D eigenvalue weighted by Crippen LogP contribution is -2.17. The highest BCUT2D eigenvalue weighted by Crippen LogP contribution is 2.34. The first-order chi connectivity index (χ1) is 9.60. The van der Waals surface area contributed by atoms with E-state index in [4.69, 9.17) is 23.2 Å². The molecule has 0 amide bonds. The first-order valence-electron chi connectivity index (χ1n) is 6.42. The highest BCUT2D eigenvalue weighted by molar-refractivity contribution is 7.99. The summed E-state index contributed by atoms with van der Waals surface area (Å²) in [5.74, 6) is 0. The predicted molar refractivity (Wildman–Crippen MR) is 86.9 cm³/mol. The van der Waals surface area contributed by atoms with Crippen molar-refractivity contribution < 1.29 is 0 Å². The molecule has 0 fully saturated rings. The van der Waals surface area contributed by atoms with Crippen LogP contribution in [0.4, 0.5) is 0 Å². The zero-order valence-electron chi connectivity index (χ0n) is 11.4. The minimum atomic E-state index is 0.307. The molecule has 106 valence electrons. The smallest absolute Gasteiger partial charge is 0.101 e. The number of hydrogen-bond acceptors (Lipinski definition) is 3. The summed E-state index contributed by atoms with van der Waals surface area (Å²) in [5, 5.41) is 5.63. The largest absolute Gasteiger partial charge is 0.310 e. The van der Waals surface area contributed by atoms with E-state index in [-0.39, 0.29) is 0 Å². The van der Waals surface area contributed by atoms with Gasteiger partial charge < -0.3 is 5.32 Å². The number of nitrogens with zero attached hydrogens (tertiary/aromatic N) is 1. The SMILES string of the molecule is CCNC(C)c1ccc(Sc2cc(Cl)ccc2Cl)nc1. The Kier molecular flexibility index (Phi) is 5.73. The maximum atomic E-state index is 6.15. The van der Waals surface area contributed by atoms with Gasteiger partial charge in [0.15, 0.2) is 0 Å². The molecule has 2 nitrogen and oxygen atoms in total. The molecule has 1 atom stereocenters. The third kappa shape index (κ3) is 4.13. The average molecular weight is 327 g/mol. The number of pyridine rings is 1. The van der Waals surface area contributed by atoms with E-state index in [1.165, 1.54) is 17.3 Å². The van der Waals surface area contributed by atoms with Crippen molar-refractivity contribution in [3.8, 4) is 0 Å². The molecule has 0 radical (unpaired) electrons. The maximum Gasteiger partial charge on any atom is 0.101 e. The van der Waals surface area contributed by atoms with Crippen molar-refractivity contribution in [1.82, 2.24) is 10.3 Å². The van der Waals surface area contributed by atoms with Crippen molar-refractivity contribution in [3.63, 3.8) is 0 Å². The molecule has 0 aliphatic rings. The summed E-state index contributed by atoms with van der Waals surface area (Å²) in [7, 11) is 0. The summed E-state index contributed by atoms with van der Waals surface area (Å²) < 4.78 is 0. The van der Waals surface area contributed by atoms with Crippen molar-refractivity contribution in [2.24, 2.45) is 0 Å². The second-order valence-electron chi connectivity index (χ2n) is 4.39. The molecule has 2 rings (SSSR count). The zero-order valence-corrected chi connectivity index (χ0v) is 13.7. The highest BCUT2D eigenvalue weighted by Gasteiger charge is 2.07. The number of aromatic nitrogens is 1. The van der Waals surface area contributed by atoms with E-state index in [2.05, 4.69) is 30.2 Å². The lowest BCUT2D eigenvalue weighted by molar-refractivity contribution is 0.595. The van der Waals surface area contributed by atoms with E-state index in [1.807, 2.05) is 18.3 Å². The minimum absolute atomic E-state index is 0.307. The van der Waals surface area contributed by atoms with Gasteiger partial charge in [0.1, 0.15) is 5.03 Å². The van der Waals surface area contributed by atoms with Gasteiger partial charge in [-0.15, -0.1) is 0 Å². The van der Waals surface area contributed by atoms with Crippen LogP contribution < -0.4 is 5.32 Å². The first-order valence-corrected chi connectivity index (χ1v) is 7.99. The van der Waals surface area contributed by atoms with Crippen molar-refractivity contribution >= 4 is 35.0 Å². The summed E-state index contributed by atoms with van der Waals surface area (Å²) >= 11 is 13.7. The van der Waals surface area contributed by atoms with Crippen LogP contribution in [0.15, 0.2) is 46.5 Å². The second kappa shape index (κ2) is 7.32. The van der Waals surface area contributed by atoms with E-state index in [1.54, 1.807) is 12.1 Å². The van der Waals surface area contributed by atoms with E-state index in [9.17, 15) is 0 Å². The van der Waals surface area contributed by atoms with Crippen LogP contribution in [0.5, 0.6) is 0 Å². The summed E-state index contributed by atoms with van der Waals surface area (Å²) in [6.45, 7) is 5.16. The zero-order chi connectivity index (χ0) is 14.5. The molecular formula is C15H16Cl2N2S. The number of hydrogen-bond donors (Lipinski definition) is 1. The summed E-state index contributed by atoms with van der Waals surface area (Å²) in [6.07, 6.45) is 1.90. The minimum Gasteiger partial charge on any atom is -0.310 e. The van der Waals surface area contributed by atoms with Gasteiger partial charge in [-0.05, 0) is 43.3 Å². The van der Waals surface area contributed by atoms with Crippen LogP contribution in [0, 0.1) is 0 Å². The monoisotopic (exact) mass is 326 g/mol. The Labute approximate surface area is 133 Å². The molecule has 20 heavy (non-hydrogen) atoms. The fourth-order valence-electron chi connectivity index (χ4n) is 1.80. The van der Waals surface area contributed by atoms with E-state index in [0.717, 1.165) is 16.5 Å². The van der Waals surface area contributed by atoms with E-state index in [0.29, 0.717) is 16.1 Å². The predicted octanol–water partition coefficient (Wildman–Crippen LogP) is 5.21. The molecule has 5 heteroatoms. The van der Waals surface area contributed by atoms with Crippen LogP contribution >= 0.6 is 35.0 Å². The molecule has 2 aromatic rings. The lowest BCUT2D eigenvalue weighted by atomic mass is 10.1. The Morgan fingerprint density at radius 2 is 2.05 bits per heavy atom. The van der Waals surface area contributed by atoms with E-state index < -0.39 is 0 Å². The lowest BCUT2D eigenvalue weighted by Gasteiger charge is -2.12. The highest BCUT2D eigenvalue weighted by atomic mass is 35.5. The molecule has 1 N–H and O–H groups in total. The van der Waals surface area contributed by atoms with Gasteiger partial charge in [0.25, 0.3) is 0 Å². The maximum absolute atomic E-state index is 6.15. The van der Waals surface area contributed by atoms with Crippen LogP contribution in [0.1, 0.15) is 25.5 Å². The van der Waals surface area contributed by atoms with Gasteiger partial charge in [-0.25, -0.2) is 4.98 Å². The van der Waals surface area contributed by atoms with Gasteiger partial charge >= 0.3 is 0 Å². The molecule has 0 spiro atoms. The normalized spacial score (nSPS) is 12.4. The fourth-order valence-corrected chi connectivity index (χ4v) is 3.09. The third-order valence-corrected chi connectivity index (χ3v) is 4.56. The Hall–Kier alpha value is -0.740. The van der Waals surface area contributed by atoms with Gasteiger partial charge in [-0.1, -0.05) is 48.0 Å². The molecule has 1 aromatic heterocycles. The molecule has 1 unspecified atom stereocenters. The van der Waals surface area contributed by atoms with Gasteiger partial charge in [-0.3, -0.25) is 0 Å². The van der Waals surface area contributed by atoms with Gasteiger partial charge in [0.05, 0.1) is 5.02 Å². The van der Waals surface area contributed by atoms with E-state index >= 15 is 0 Å². The number of benzene rings is 1. The van der Waals surface area contributed by atoms with Crippen LogP contribution in [0.25, 0.3) is 0 Å². The number of rotatable bonds is 5. The molecule has 0 saturated carbocycles. The van der Waals surface area contributed by atoms with Crippen LogP contribution in [-0.4, -0.2) is 11.5 Å². The fraction of sp³-hybridized carbons (Fsp3) is 0.267. The van der Waals surface area contributed by atoms with Crippen molar-refractivity contribution in [2.45, 2.75) is 29.8 Å². The molecule has 0 saturated heterocycles. The third-order valence-electron chi connectivity index (χ3n) is 2.88. The van der Waals surface area contributed by atoms with Gasteiger partial charge in [0.2, 0.25) is 0 Å². The first kappa shape index (κ1) is 15.6. The molecular weight excluding hydrogens is 311 g/mol. The Morgan fingerprint density at radius 1 is 1.25 bits per heavy atom. The molecule has 1 heterocycles. The summed E-state index contributed by atoms with van der Waals surface area (Å²) in [5.41, 5.74) is 1.17. The second-order valence-corrected chi connectivity index (χ2v) is 6.29. The van der Waals surface area contributed by atoms with Crippen LogP contribution in [0.2, 0.25) is 10.0 Å². The van der Waals surface area contributed by atoms with Crippen LogP contribution in [0.3, 0.4) is 0 Å². The van der Waals surface area contributed by atoms with Gasteiger partial charge in [0, 0.05) is 22.2 Å². The Balaban J connectivity index is 2.12. The standard InChI is InChI=1S/C15H16Cl2N2S/c1-3-18-10(2)11-4-7-15(19-9-11)20-14-8-12(16)5-6-13(14)17/h4-10,18H,3H2,1-2H3. The van der Waals surface area contributed by atoms with Gasteiger partial charge in [-0.2, -0.15) is 0 Å². The van der Waals surface area contributed by atoms with Crippen molar-refractivity contribution in [2.75, 3.05) is 6.54 Å². The summed E-state index contributed by atoms with van der Waals surface area (Å²) in [6, 6.07) is 9.83. The number of halogens is 2. The topological polar surface area (TPSA) is 24.9 Å². The Bertz CT molecular complexity index is 573. The summed E-state index contributed by atoms with van der Waals surface area (Å²) in [4.78, 5) is 5.39. The molecule has 0 aliphatic heterocycles. The average Bonchev–Trinajstić information content (AvgIpc) is 2.44. The Morgan fingerprint density at radius 3 is 2.70 bits per heavy atom. The molecule has 0 aliphatic carbocycles. The van der Waals surface area contributed by atoms with Crippen molar-refractivity contribution in [1.29, 1.82) is 0 Å². The van der Waals surface area contributed by atoms with Crippen LogP contribution in [-0.2, 0) is 0 Å². The molecule has 1 aromatic carbocycles. The van der Waals surface area contributed by atoms with Crippen molar-refractivity contribution in [3.05, 3.63) is 52.1 Å². The number of nitrogens with one attached hydrogen (secondary N) is 1.